The van der Waals surface area contributed by atoms with E-state index in [1.807, 2.05) is 48.5 Å². The molecule has 0 bridgehead atoms. The van der Waals surface area contributed by atoms with Gasteiger partial charge in [-0.3, -0.25) is 9.59 Å². The van der Waals surface area contributed by atoms with Crippen LogP contribution >= 0.6 is 0 Å². The maximum atomic E-state index is 13.1. The second kappa shape index (κ2) is 9.31. The molecule has 32 heavy (non-hydrogen) atoms. The van der Waals surface area contributed by atoms with Crippen molar-refractivity contribution >= 4 is 22.8 Å². The molecule has 0 saturated carbocycles. The van der Waals surface area contributed by atoms with E-state index < -0.39 is 23.3 Å². The molecule has 6 heteroatoms. The number of aromatic nitrogens is 1. The quantitative estimate of drug-likeness (QED) is 0.421. The number of rotatable bonds is 7. The Morgan fingerprint density at radius 2 is 1.53 bits per heavy atom. The molecule has 0 fully saturated rings. The maximum absolute atomic E-state index is 13.1. The molecule has 0 aliphatic heterocycles. The lowest BCUT2D eigenvalue weighted by Crippen LogP contribution is -2.43. The van der Waals surface area contributed by atoms with Crippen LogP contribution in [0, 0.1) is 0 Å². The minimum atomic E-state index is -1.16. The first-order valence-corrected chi connectivity index (χ1v) is 10.3. The van der Waals surface area contributed by atoms with Gasteiger partial charge in [-0.05, 0) is 35.2 Å². The van der Waals surface area contributed by atoms with Crippen LogP contribution in [-0.4, -0.2) is 28.0 Å². The fourth-order valence-electron chi connectivity index (χ4n) is 3.66. The Hall–Kier alpha value is -4.19. The summed E-state index contributed by atoms with van der Waals surface area (Å²) >= 11 is 0. The second-order valence-electron chi connectivity index (χ2n) is 7.63. The zero-order valence-electron chi connectivity index (χ0n) is 17.2. The van der Waals surface area contributed by atoms with E-state index in [0.29, 0.717) is 17.3 Å². The molecular weight excluding hydrogens is 404 g/mol. The fraction of sp³-hybridized carbons (Fsp3) is 0.115. The van der Waals surface area contributed by atoms with Crippen LogP contribution in [-0.2, 0) is 17.6 Å². The standard InChI is InChI=1S/C26H22N2O4/c29-24-20-14-19(13-17-7-3-1-4-8-17)11-12-22(20)27-16-21(24)25(30)28-23(26(31)32)15-18-9-5-2-6-10-18/h1-12,14,16,23H,13,15H2,(H,27,29)(H,28,30)(H,31,32)/t23-/m0/s1. The number of hydrogen-bond acceptors (Lipinski definition) is 3. The lowest BCUT2D eigenvalue weighted by molar-refractivity contribution is -0.139. The van der Waals surface area contributed by atoms with Gasteiger partial charge in [-0.1, -0.05) is 66.7 Å². The molecule has 0 unspecified atom stereocenters. The highest BCUT2D eigenvalue weighted by Crippen LogP contribution is 2.15. The third kappa shape index (κ3) is 4.75. The smallest absolute Gasteiger partial charge is 0.326 e. The predicted molar refractivity (Wildman–Crippen MR) is 123 cm³/mol. The number of carbonyl (C=O) groups excluding carboxylic acids is 1. The number of aliphatic carboxylic acids is 1. The highest BCUT2D eigenvalue weighted by Gasteiger charge is 2.23. The summed E-state index contributed by atoms with van der Waals surface area (Å²) in [5, 5.41) is 12.4. The van der Waals surface area contributed by atoms with Gasteiger partial charge in [0.25, 0.3) is 5.91 Å². The van der Waals surface area contributed by atoms with Gasteiger partial charge in [0.05, 0.1) is 0 Å². The number of carboxylic acids is 1. The summed E-state index contributed by atoms with van der Waals surface area (Å²) in [7, 11) is 0. The van der Waals surface area contributed by atoms with Gasteiger partial charge in [-0.25, -0.2) is 4.79 Å². The first kappa shape index (κ1) is 21.1. The molecule has 4 aromatic rings. The van der Waals surface area contributed by atoms with Crippen molar-refractivity contribution in [3.05, 3.63) is 118 Å². The van der Waals surface area contributed by atoms with Crippen LogP contribution in [0.5, 0.6) is 0 Å². The molecule has 1 heterocycles. The Kier molecular flexibility index (Phi) is 6.12. The highest BCUT2D eigenvalue weighted by molar-refractivity contribution is 5.99. The van der Waals surface area contributed by atoms with Gasteiger partial charge < -0.3 is 15.4 Å². The van der Waals surface area contributed by atoms with Crippen molar-refractivity contribution in [2.75, 3.05) is 0 Å². The van der Waals surface area contributed by atoms with Gasteiger partial charge in [0, 0.05) is 23.5 Å². The van der Waals surface area contributed by atoms with Crippen LogP contribution < -0.4 is 10.7 Å². The van der Waals surface area contributed by atoms with Crippen LogP contribution in [0.1, 0.15) is 27.0 Å². The molecule has 0 spiro atoms. The average molecular weight is 426 g/mol. The Balaban J connectivity index is 1.60. The van der Waals surface area contributed by atoms with Gasteiger partial charge in [0.2, 0.25) is 5.43 Å². The topological polar surface area (TPSA) is 99.3 Å². The fourth-order valence-corrected chi connectivity index (χ4v) is 3.66. The molecule has 4 rings (SSSR count). The Morgan fingerprint density at radius 1 is 0.875 bits per heavy atom. The monoisotopic (exact) mass is 426 g/mol. The molecule has 0 saturated heterocycles. The van der Waals surface area contributed by atoms with Crippen LogP contribution in [0.15, 0.2) is 89.9 Å². The van der Waals surface area contributed by atoms with Gasteiger partial charge in [-0.15, -0.1) is 0 Å². The number of carbonyl (C=O) groups is 2. The number of fused-ring (bicyclic) bond motifs is 1. The van der Waals surface area contributed by atoms with Crippen LogP contribution in [0.4, 0.5) is 0 Å². The summed E-state index contributed by atoms with van der Waals surface area (Å²) in [5.74, 6) is -1.88. The van der Waals surface area contributed by atoms with Crippen LogP contribution in [0.25, 0.3) is 10.9 Å². The lowest BCUT2D eigenvalue weighted by Gasteiger charge is -2.15. The minimum Gasteiger partial charge on any atom is -0.480 e. The first-order chi connectivity index (χ1) is 15.5. The summed E-state index contributed by atoms with van der Waals surface area (Å²) < 4.78 is 0. The van der Waals surface area contributed by atoms with Crippen LogP contribution in [0.3, 0.4) is 0 Å². The van der Waals surface area contributed by atoms with E-state index in [0.717, 1.165) is 16.7 Å². The predicted octanol–water partition coefficient (Wildman–Crippen LogP) is 3.54. The number of hydrogen-bond donors (Lipinski definition) is 3. The first-order valence-electron chi connectivity index (χ1n) is 10.3. The van der Waals surface area contributed by atoms with Crippen molar-refractivity contribution in [3.8, 4) is 0 Å². The number of benzene rings is 3. The van der Waals surface area contributed by atoms with Crippen molar-refractivity contribution in [3.63, 3.8) is 0 Å². The highest BCUT2D eigenvalue weighted by atomic mass is 16.4. The summed E-state index contributed by atoms with van der Waals surface area (Å²) in [6.07, 6.45) is 2.11. The summed E-state index contributed by atoms with van der Waals surface area (Å²) in [4.78, 5) is 40.5. The van der Waals surface area contributed by atoms with Gasteiger partial charge >= 0.3 is 5.97 Å². The molecule has 0 aliphatic rings. The molecule has 3 aromatic carbocycles. The lowest BCUT2D eigenvalue weighted by atomic mass is 10.0. The SMILES string of the molecule is O=C(N[C@@H](Cc1ccccc1)C(=O)O)c1c[nH]c2ccc(Cc3ccccc3)cc2c1=O. The zero-order chi connectivity index (χ0) is 22.5. The zero-order valence-corrected chi connectivity index (χ0v) is 17.2. The van der Waals surface area contributed by atoms with Crippen molar-refractivity contribution in [2.24, 2.45) is 0 Å². The molecule has 1 atom stereocenters. The second-order valence-corrected chi connectivity index (χ2v) is 7.63. The van der Waals surface area contributed by atoms with E-state index in [2.05, 4.69) is 10.3 Å². The Labute approximate surface area is 184 Å². The Bertz CT molecular complexity index is 1310. The number of aromatic amines is 1. The number of carboxylic acid groups (broad SMARTS) is 1. The van der Waals surface area contributed by atoms with E-state index in [-0.39, 0.29) is 12.0 Å². The number of nitrogens with one attached hydrogen (secondary N) is 2. The average Bonchev–Trinajstić information content (AvgIpc) is 2.80. The minimum absolute atomic E-state index is 0.117. The molecule has 160 valence electrons. The summed E-state index contributed by atoms with van der Waals surface area (Å²) in [6, 6.07) is 23.3. The number of H-pyrrole nitrogens is 1. The third-order valence-corrected chi connectivity index (χ3v) is 5.33. The third-order valence-electron chi connectivity index (χ3n) is 5.33. The van der Waals surface area contributed by atoms with Gasteiger partial charge in [-0.2, -0.15) is 0 Å². The van der Waals surface area contributed by atoms with E-state index in [9.17, 15) is 19.5 Å². The molecule has 0 aliphatic carbocycles. The Morgan fingerprint density at radius 3 is 2.19 bits per heavy atom. The molecule has 0 radical (unpaired) electrons. The molecular formula is C26H22N2O4. The molecule has 3 N–H and O–H groups in total. The largest absolute Gasteiger partial charge is 0.480 e. The van der Waals surface area contributed by atoms with Crippen molar-refractivity contribution in [2.45, 2.75) is 18.9 Å². The molecule has 6 nitrogen and oxygen atoms in total. The normalized spacial score (nSPS) is 11.8. The maximum Gasteiger partial charge on any atom is 0.326 e. The number of amides is 1. The van der Waals surface area contributed by atoms with E-state index in [4.69, 9.17) is 0 Å². The molecule has 1 amide bonds. The summed E-state index contributed by atoms with van der Waals surface area (Å²) in [6.45, 7) is 0. The van der Waals surface area contributed by atoms with Crippen LogP contribution in [0.2, 0.25) is 0 Å². The van der Waals surface area contributed by atoms with Crippen molar-refractivity contribution in [1.29, 1.82) is 0 Å². The number of pyridine rings is 1. The van der Waals surface area contributed by atoms with E-state index in [1.54, 1.807) is 30.3 Å². The van der Waals surface area contributed by atoms with E-state index in [1.165, 1.54) is 6.20 Å². The van der Waals surface area contributed by atoms with E-state index >= 15 is 0 Å². The molecule has 1 aromatic heterocycles. The van der Waals surface area contributed by atoms with Gasteiger partial charge in [0.1, 0.15) is 11.6 Å². The van der Waals surface area contributed by atoms with Crippen molar-refractivity contribution < 1.29 is 14.7 Å². The van der Waals surface area contributed by atoms with Crippen molar-refractivity contribution in [1.82, 2.24) is 10.3 Å². The van der Waals surface area contributed by atoms with Gasteiger partial charge in [0.15, 0.2) is 0 Å². The summed E-state index contributed by atoms with van der Waals surface area (Å²) in [5.41, 5.74) is 2.89.